The zero-order valence-electron chi connectivity index (χ0n) is 11.6. The molecule has 0 saturated carbocycles. The summed E-state index contributed by atoms with van der Waals surface area (Å²) in [4.78, 5) is 34.7. The summed E-state index contributed by atoms with van der Waals surface area (Å²) in [5, 5.41) is 11.3. The summed E-state index contributed by atoms with van der Waals surface area (Å²) in [7, 11) is 0. The van der Waals surface area contributed by atoms with Crippen molar-refractivity contribution in [2.24, 2.45) is 11.7 Å². The number of piperidine rings is 1. The van der Waals surface area contributed by atoms with Crippen LogP contribution >= 0.6 is 0 Å². The first-order valence-electron chi connectivity index (χ1n) is 7.02. The Morgan fingerprint density at radius 3 is 2.40 bits per heavy atom. The molecule has 3 amide bonds. The maximum Gasteiger partial charge on any atom is 0.317 e. The van der Waals surface area contributed by atoms with Gasteiger partial charge in [-0.05, 0) is 31.6 Å². The Kier molecular flexibility index (Phi) is 6.83. The lowest BCUT2D eigenvalue weighted by Gasteiger charge is -2.31. The third-order valence-corrected chi connectivity index (χ3v) is 3.49. The minimum absolute atomic E-state index is 0.113. The van der Waals surface area contributed by atoms with E-state index in [0.29, 0.717) is 38.9 Å². The minimum Gasteiger partial charge on any atom is -0.481 e. The first-order chi connectivity index (χ1) is 9.49. The van der Waals surface area contributed by atoms with Crippen LogP contribution in [-0.2, 0) is 9.59 Å². The third-order valence-electron chi connectivity index (χ3n) is 3.49. The molecule has 0 radical (unpaired) electrons. The number of aliphatic carboxylic acids is 1. The van der Waals surface area contributed by atoms with E-state index in [1.807, 2.05) is 0 Å². The Hall–Kier alpha value is -1.79. The summed E-state index contributed by atoms with van der Waals surface area (Å²) in [6.07, 6.45) is 3.36. The Morgan fingerprint density at radius 2 is 1.85 bits per heavy atom. The van der Waals surface area contributed by atoms with E-state index in [4.69, 9.17) is 10.8 Å². The zero-order valence-corrected chi connectivity index (χ0v) is 11.6. The molecule has 20 heavy (non-hydrogen) atoms. The Morgan fingerprint density at radius 1 is 1.20 bits per heavy atom. The molecule has 0 aromatic heterocycles. The van der Waals surface area contributed by atoms with Gasteiger partial charge in [0.1, 0.15) is 0 Å². The molecule has 0 bridgehead atoms. The fourth-order valence-corrected chi connectivity index (χ4v) is 2.33. The summed E-state index contributed by atoms with van der Waals surface area (Å²) in [6.45, 7) is 1.77. The number of nitrogens with one attached hydrogen (secondary N) is 1. The number of nitrogens with zero attached hydrogens (tertiary/aromatic N) is 1. The molecule has 0 spiro atoms. The van der Waals surface area contributed by atoms with Crippen LogP contribution in [0.25, 0.3) is 0 Å². The normalized spacial score (nSPS) is 15.9. The summed E-state index contributed by atoms with van der Waals surface area (Å²) < 4.78 is 0. The van der Waals surface area contributed by atoms with Gasteiger partial charge in [0.25, 0.3) is 0 Å². The van der Waals surface area contributed by atoms with Crippen LogP contribution in [0.1, 0.15) is 38.5 Å². The topological polar surface area (TPSA) is 113 Å². The quantitative estimate of drug-likeness (QED) is 0.592. The van der Waals surface area contributed by atoms with Crippen molar-refractivity contribution in [3.05, 3.63) is 0 Å². The van der Waals surface area contributed by atoms with Crippen molar-refractivity contribution in [2.45, 2.75) is 38.5 Å². The van der Waals surface area contributed by atoms with Crippen LogP contribution in [0.3, 0.4) is 0 Å². The SMILES string of the molecule is NC(=O)CC1CCN(C(=O)NCCCCC(=O)O)CC1. The molecule has 0 aromatic rings. The highest BCUT2D eigenvalue weighted by Gasteiger charge is 2.23. The molecule has 1 heterocycles. The molecule has 0 unspecified atom stereocenters. The molecule has 7 heteroatoms. The summed E-state index contributed by atoms with van der Waals surface area (Å²) in [6, 6.07) is -0.113. The van der Waals surface area contributed by atoms with Gasteiger partial charge in [0.05, 0.1) is 0 Å². The lowest BCUT2D eigenvalue weighted by Crippen LogP contribution is -2.45. The number of rotatable bonds is 7. The number of hydrogen-bond acceptors (Lipinski definition) is 3. The first kappa shape index (κ1) is 16.3. The van der Waals surface area contributed by atoms with Gasteiger partial charge in [-0.1, -0.05) is 0 Å². The highest BCUT2D eigenvalue weighted by atomic mass is 16.4. The van der Waals surface area contributed by atoms with E-state index < -0.39 is 5.97 Å². The van der Waals surface area contributed by atoms with Gasteiger partial charge in [-0.2, -0.15) is 0 Å². The molecule has 4 N–H and O–H groups in total. The molecule has 1 rings (SSSR count). The van der Waals surface area contributed by atoms with Crippen molar-refractivity contribution >= 4 is 17.9 Å². The van der Waals surface area contributed by atoms with Crippen molar-refractivity contribution in [3.63, 3.8) is 0 Å². The van der Waals surface area contributed by atoms with Gasteiger partial charge in [0.2, 0.25) is 5.91 Å². The smallest absolute Gasteiger partial charge is 0.317 e. The lowest BCUT2D eigenvalue weighted by molar-refractivity contribution is -0.137. The van der Waals surface area contributed by atoms with Crippen molar-refractivity contribution in [2.75, 3.05) is 19.6 Å². The molecular formula is C13H23N3O4. The zero-order chi connectivity index (χ0) is 15.0. The second-order valence-corrected chi connectivity index (χ2v) is 5.18. The number of nitrogens with two attached hydrogens (primary N) is 1. The van der Waals surface area contributed by atoms with Crippen molar-refractivity contribution < 1.29 is 19.5 Å². The largest absolute Gasteiger partial charge is 0.481 e. The molecule has 0 aromatic carbocycles. The predicted octanol–water partition coefficient (Wildman–Crippen LogP) is 0.538. The van der Waals surface area contributed by atoms with Crippen molar-refractivity contribution in [3.8, 4) is 0 Å². The van der Waals surface area contributed by atoms with E-state index in [0.717, 1.165) is 12.8 Å². The molecule has 1 aliphatic heterocycles. The number of carbonyl (C=O) groups excluding carboxylic acids is 2. The first-order valence-corrected chi connectivity index (χ1v) is 7.02. The van der Waals surface area contributed by atoms with Gasteiger partial charge >= 0.3 is 12.0 Å². The fraction of sp³-hybridized carbons (Fsp3) is 0.769. The maximum absolute atomic E-state index is 11.8. The van der Waals surface area contributed by atoms with Gasteiger partial charge < -0.3 is 21.1 Å². The number of likely N-dealkylation sites (tertiary alicyclic amines) is 1. The standard InChI is InChI=1S/C13H23N3O4/c14-11(17)9-10-4-7-16(8-5-10)13(20)15-6-2-1-3-12(18)19/h10H,1-9H2,(H2,14,17)(H,15,20)(H,18,19). The number of urea groups is 1. The summed E-state index contributed by atoms with van der Waals surface area (Å²) >= 11 is 0. The second kappa shape index (κ2) is 8.39. The third kappa shape index (κ3) is 6.40. The summed E-state index contributed by atoms with van der Waals surface area (Å²) in [5.41, 5.74) is 5.16. The predicted molar refractivity (Wildman–Crippen MR) is 73.0 cm³/mol. The molecule has 1 aliphatic rings. The number of carbonyl (C=O) groups is 3. The molecule has 1 saturated heterocycles. The summed E-state index contributed by atoms with van der Waals surface area (Å²) in [5.74, 6) is -0.814. The van der Waals surface area contributed by atoms with Crippen LogP contribution in [0, 0.1) is 5.92 Å². The highest BCUT2D eigenvalue weighted by Crippen LogP contribution is 2.19. The number of amides is 3. The molecule has 1 fully saturated rings. The van der Waals surface area contributed by atoms with E-state index in [9.17, 15) is 14.4 Å². The van der Waals surface area contributed by atoms with E-state index in [1.165, 1.54) is 0 Å². The monoisotopic (exact) mass is 285 g/mol. The number of unbranched alkanes of at least 4 members (excludes halogenated alkanes) is 1. The van der Waals surface area contributed by atoms with Gasteiger partial charge in [-0.3, -0.25) is 9.59 Å². The van der Waals surface area contributed by atoms with Gasteiger partial charge in [-0.25, -0.2) is 4.79 Å². The van der Waals surface area contributed by atoms with Crippen molar-refractivity contribution in [1.29, 1.82) is 0 Å². The minimum atomic E-state index is -0.812. The number of carboxylic acid groups (broad SMARTS) is 1. The van der Waals surface area contributed by atoms with Crippen LogP contribution in [0.2, 0.25) is 0 Å². The molecule has 0 aliphatic carbocycles. The van der Waals surface area contributed by atoms with Crippen LogP contribution in [-0.4, -0.2) is 47.5 Å². The highest BCUT2D eigenvalue weighted by molar-refractivity contribution is 5.75. The van der Waals surface area contributed by atoms with Crippen LogP contribution < -0.4 is 11.1 Å². The van der Waals surface area contributed by atoms with Crippen LogP contribution in [0.5, 0.6) is 0 Å². The second-order valence-electron chi connectivity index (χ2n) is 5.18. The molecular weight excluding hydrogens is 262 g/mol. The van der Waals surface area contributed by atoms with E-state index >= 15 is 0 Å². The van der Waals surface area contributed by atoms with E-state index in [-0.39, 0.29) is 24.3 Å². The lowest BCUT2D eigenvalue weighted by atomic mass is 9.93. The number of hydrogen-bond donors (Lipinski definition) is 3. The number of primary amides is 1. The average Bonchev–Trinajstić information content (AvgIpc) is 2.38. The fourth-order valence-electron chi connectivity index (χ4n) is 2.33. The molecule has 7 nitrogen and oxygen atoms in total. The van der Waals surface area contributed by atoms with Gasteiger partial charge in [0, 0.05) is 32.5 Å². The van der Waals surface area contributed by atoms with E-state index in [2.05, 4.69) is 5.32 Å². The van der Waals surface area contributed by atoms with E-state index in [1.54, 1.807) is 4.90 Å². The number of carboxylic acids is 1. The average molecular weight is 285 g/mol. The molecule has 0 atom stereocenters. The van der Waals surface area contributed by atoms with Gasteiger partial charge in [-0.15, -0.1) is 0 Å². The Labute approximate surface area is 118 Å². The Balaban J connectivity index is 2.13. The maximum atomic E-state index is 11.8. The van der Waals surface area contributed by atoms with Crippen LogP contribution in [0.15, 0.2) is 0 Å². The molecule has 114 valence electrons. The van der Waals surface area contributed by atoms with Crippen molar-refractivity contribution in [1.82, 2.24) is 10.2 Å². The Bertz CT molecular complexity index is 352. The van der Waals surface area contributed by atoms with Crippen LogP contribution in [0.4, 0.5) is 4.79 Å². The van der Waals surface area contributed by atoms with Gasteiger partial charge in [0.15, 0.2) is 0 Å².